The summed E-state index contributed by atoms with van der Waals surface area (Å²) >= 11 is 0. The molecule has 0 bridgehead atoms. The molecule has 4 rings (SSSR count). The standard InChI is InChI=1S/4C7H6O2.4H2O.Ti/c4*8-7(9)6-4-2-1-3-5-6;;;;;/h4*1-5H,(H,8,9);4*1H2;. The number of hydrogen-bond acceptors (Lipinski definition) is 4. The van der Waals surface area contributed by atoms with Crippen LogP contribution in [0.4, 0.5) is 0 Å². The van der Waals surface area contributed by atoms with Crippen molar-refractivity contribution in [1.82, 2.24) is 0 Å². The van der Waals surface area contributed by atoms with E-state index in [1.54, 1.807) is 121 Å². The zero-order valence-corrected chi connectivity index (χ0v) is 23.0. The number of carboxylic acids is 4. The fourth-order valence-corrected chi connectivity index (χ4v) is 2.32. The zero-order valence-electron chi connectivity index (χ0n) is 21.5. The van der Waals surface area contributed by atoms with Crippen LogP contribution in [0.2, 0.25) is 0 Å². The summed E-state index contributed by atoms with van der Waals surface area (Å²) in [4.78, 5) is 40.8. The molecule has 0 aliphatic heterocycles. The van der Waals surface area contributed by atoms with Crippen molar-refractivity contribution in [1.29, 1.82) is 0 Å². The molecule has 0 radical (unpaired) electrons. The molecule has 0 unspecified atom stereocenters. The molecule has 0 aliphatic carbocycles. The Kier molecular flexibility index (Phi) is 30.3. The van der Waals surface area contributed by atoms with E-state index in [2.05, 4.69) is 0 Å². The maximum absolute atomic E-state index is 10.2. The molecule has 0 atom stereocenters. The van der Waals surface area contributed by atoms with Gasteiger partial charge in [0.1, 0.15) is 0 Å². The molecule has 220 valence electrons. The Balaban J connectivity index is -0.000000135. The van der Waals surface area contributed by atoms with Gasteiger partial charge >= 0.3 is 23.9 Å². The summed E-state index contributed by atoms with van der Waals surface area (Å²) in [5, 5.41) is 33.5. The van der Waals surface area contributed by atoms with E-state index in [0.717, 1.165) is 0 Å². The van der Waals surface area contributed by atoms with Crippen LogP contribution in [0.25, 0.3) is 0 Å². The van der Waals surface area contributed by atoms with Crippen molar-refractivity contribution in [3.63, 3.8) is 0 Å². The molecule has 0 amide bonds. The first-order valence-electron chi connectivity index (χ1n) is 10.4. The average molecular weight is 608 g/mol. The Morgan fingerprint density at radius 2 is 0.439 bits per heavy atom. The van der Waals surface area contributed by atoms with Gasteiger partial charge in [0.25, 0.3) is 0 Å². The first-order valence-corrected chi connectivity index (χ1v) is 10.4. The average Bonchev–Trinajstić information content (AvgIpc) is 2.92. The minimum absolute atomic E-state index is 0. The second-order valence-corrected chi connectivity index (χ2v) is 6.68. The molecule has 0 fully saturated rings. The summed E-state index contributed by atoms with van der Waals surface area (Å²) < 4.78 is 0. The third kappa shape index (κ3) is 20.9. The van der Waals surface area contributed by atoms with E-state index in [0.29, 0.717) is 22.3 Å². The molecule has 12 nitrogen and oxygen atoms in total. The van der Waals surface area contributed by atoms with Gasteiger partial charge in [-0.25, -0.2) is 19.2 Å². The van der Waals surface area contributed by atoms with E-state index in [9.17, 15) is 19.2 Å². The summed E-state index contributed by atoms with van der Waals surface area (Å²) in [6, 6.07) is 33.2. The first kappa shape index (κ1) is 46.2. The van der Waals surface area contributed by atoms with Gasteiger partial charge < -0.3 is 42.3 Å². The van der Waals surface area contributed by atoms with Crippen molar-refractivity contribution in [2.24, 2.45) is 0 Å². The molecule has 41 heavy (non-hydrogen) atoms. The van der Waals surface area contributed by atoms with Crippen molar-refractivity contribution in [2.45, 2.75) is 0 Å². The normalized spacial score (nSPS) is 7.80. The predicted molar refractivity (Wildman–Crippen MR) is 148 cm³/mol. The van der Waals surface area contributed by atoms with Gasteiger partial charge in [-0.3, -0.25) is 0 Å². The van der Waals surface area contributed by atoms with Crippen LogP contribution < -0.4 is 0 Å². The first-order chi connectivity index (χ1) is 17.2. The molecule has 12 N–H and O–H groups in total. The van der Waals surface area contributed by atoms with Crippen LogP contribution in [-0.4, -0.2) is 66.2 Å². The number of aromatic carboxylic acids is 4. The summed E-state index contributed by atoms with van der Waals surface area (Å²) in [6.45, 7) is 0. The molecule has 0 aromatic heterocycles. The van der Waals surface area contributed by atoms with Gasteiger partial charge in [0.15, 0.2) is 0 Å². The van der Waals surface area contributed by atoms with Crippen LogP contribution in [0.1, 0.15) is 41.4 Å². The number of rotatable bonds is 4. The third-order valence-electron chi connectivity index (χ3n) is 4.08. The largest absolute Gasteiger partial charge is 0.478 e. The topological polar surface area (TPSA) is 275 Å². The van der Waals surface area contributed by atoms with Gasteiger partial charge in [-0.05, 0) is 48.5 Å². The molecule has 0 saturated heterocycles. The van der Waals surface area contributed by atoms with Gasteiger partial charge in [-0.15, -0.1) is 0 Å². The second kappa shape index (κ2) is 26.9. The van der Waals surface area contributed by atoms with E-state index >= 15 is 0 Å². The van der Waals surface area contributed by atoms with Crippen LogP contribution in [0, 0.1) is 0 Å². The molecule has 4 aromatic rings. The van der Waals surface area contributed by atoms with Crippen LogP contribution in [-0.2, 0) is 21.7 Å². The maximum atomic E-state index is 10.2. The van der Waals surface area contributed by atoms with Crippen molar-refractivity contribution in [2.75, 3.05) is 0 Å². The van der Waals surface area contributed by atoms with E-state index in [-0.39, 0.29) is 43.6 Å². The van der Waals surface area contributed by atoms with Crippen molar-refractivity contribution >= 4 is 23.9 Å². The molecular weight excluding hydrogens is 576 g/mol. The number of carbonyl (C=O) groups is 4. The zero-order chi connectivity index (χ0) is 26.8. The summed E-state index contributed by atoms with van der Waals surface area (Å²) in [5.41, 5.74) is 1.32. The van der Waals surface area contributed by atoms with Crippen molar-refractivity contribution < 1.29 is 83.2 Å². The minimum atomic E-state index is -0.879. The van der Waals surface area contributed by atoms with Crippen LogP contribution in [0.15, 0.2) is 121 Å². The van der Waals surface area contributed by atoms with Gasteiger partial charge in [0.05, 0.1) is 22.3 Å². The molecule has 0 spiro atoms. The van der Waals surface area contributed by atoms with E-state index in [1.807, 2.05) is 0 Å². The monoisotopic (exact) mass is 608 g/mol. The fourth-order valence-electron chi connectivity index (χ4n) is 2.32. The molecule has 13 heteroatoms. The maximum Gasteiger partial charge on any atom is 0.335 e. The predicted octanol–water partition coefficient (Wildman–Crippen LogP) is 2.24. The Morgan fingerprint density at radius 1 is 0.317 bits per heavy atom. The van der Waals surface area contributed by atoms with Crippen LogP contribution in [0.5, 0.6) is 0 Å². The summed E-state index contributed by atoms with van der Waals surface area (Å²) in [6.07, 6.45) is 0. The molecule has 0 heterocycles. The minimum Gasteiger partial charge on any atom is -0.478 e. The number of hydrogen-bond donors (Lipinski definition) is 4. The molecule has 0 saturated carbocycles. The van der Waals surface area contributed by atoms with Crippen molar-refractivity contribution in [3.8, 4) is 0 Å². The molecule has 0 aliphatic rings. The van der Waals surface area contributed by atoms with Gasteiger partial charge in [-0.2, -0.15) is 0 Å². The van der Waals surface area contributed by atoms with Crippen LogP contribution >= 0.6 is 0 Å². The van der Waals surface area contributed by atoms with E-state index < -0.39 is 23.9 Å². The fraction of sp³-hybridized carbons (Fsp3) is 0. The number of benzene rings is 4. The smallest absolute Gasteiger partial charge is 0.335 e. The van der Waals surface area contributed by atoms with Gasteiger partial charge in [0, 0.05) is 21.7 Å². The quantitative estimate of drug-likeness (QED) is 0.249. The van der Waals surface area contributed by atoms with Gasteiger partial charge in [-0.1, -0.05) is 72.8 Å². The Hall–Kier alpha value is -4.69. The summed E-state index contributed by atoms with van der Waals surface area (Å²) in [7, 11) is 0. The van der Waals surface area contributed by atoms with Crippen molar-refractivity contribution in [3.05, 3.63) is 144 Å². The molecule has 4 aromatic carbocycles. The van der Waals surface area contributed by atoms with E-state index in [1.165, 1.54) is 0 Å². The van der Waals surface area contributed by atoms with Crippen LogP contribution in [0.3, 0.4) is 0 Å². The third-order valence-corrected chi connectivity index (χ3v) is 4.08. The Labute approximate surface area is 250 Å². The Bertz CT molecular complexity index is 1030. The Morgan fingerprint density at radius 3 is 0.512 bits per heavy atom. The SMILES string of the molecule is O.O.O.O.O=C(O)c1ccccc1.O=C(O)c1ccccc1.O=C(O)c1ccccc1.O=C(O)c1ccccc1.[Ti]. The molecular formula is C28H32O12Ti. The summed E-state index contributed by atoms with van der Waals surface area (Å²) in [5.74, 6) is -3.52. The second-order valence-electron chi connectivity index (χ2n) is 6.68. The van der Waals surface area contributed by atoms with Gasteiger partial charge in [0.2, 0.25) is 0 Å². The number of carboxylic acid groups (broad SMARTS) is 4. The van der Waals surface area contributed by atoms with E-state index in [4.69, 9.17) is 20.4 Å².